The molecule has 0 spiro atoms. The predicted molar refractivity (Wildman–Crippen MR) is 82.1 cm³/mol. The highest BCUT2D eigenvalue weighted by Gasteiger charge is 2.14. The molecule has 0 bridgehead atoms. The number of hydrazine groups is 1. The minimum atomic E-state index is -0.463. The van der Waals surface area contributed by atoms with E-state index in [1.54, 1.807) is 0 Å². The number of alkyl carbamates (subject to hydrolysis) is 1. The summed E-state index contributed by atoms with van der Waals surface area (Å²) < 4.78 is 5.14. The van der Waals surface area contributed by atoms with Gasteiger partial charge < -0.3 is 15.5 Å². The van der Waals surface area contributed by atoms with Crippen molar-refractivity contribution in [2.45, 2.75) is 32.8 Å². The summed E-state index contributed by atoms with van der Waals surface area (Å²) in [7, 11) is 0. The van der Waals surface area contributed by atoms with Crippen LogP contribution in [0.3, 0.4) is 0 Å². The minimum Gasteiger partial charge on any atom is -0.444 e. The van der Waals surface area contributed by atoms with Gasteiger partial charge in [-0.3, -0.25) is 5.84 Å². The predicted octanol–water partition coefficient (Wildman–Crippen LogP) is 2.90. The average molecular weight is 277 g/mol. The summed E-state index contributed by atoms with van der Waals surface area (Å²) in [6.45, 7) is 6.06. The maximum Gasteiger partial charge on any atom is 0.407 e. The van der Waals surface area contributed by atoms with Crippen LogP contribution in [-0.2, 0) is 4.74 Å². The van der Waals surface area contributed by atoms with Crippen molar-refractivity contribution in [2.75, 3.05) is 12.0 Å². The van der Waals surface area contributed by atoms with Crippen LogP contribution in [-0.4, -0.2) is 18.2 Å². The highest BCUT2D eigenvalue weighted by atomic mass is 16.6. The molecule has 0 aliphatic rings. The number of rotatable bonds is 5. The number of nitrogens with one attached hydrogen (secondary N) is 2. The number of carbonyl (C=O) groups excluding carboxylic acids is 1. The summed E-state index contributed by atoms with van der Waals surface area (Å²) in [5.74, 6) is 5.34. The molecule has 20 heavy (non-hydrogen) atoms. The number of anilines is 1. The maximum atomic E-state index is 11.4. The molecule has 5 heteroatoms. The molecule has 0 radical (unpaired) electrons. The second kappa shape index (κ2) is 7.55. The molecule has 0 atom stereocenters. The van der Waals surface area contributed by atoms with Gasteiger partial charge in [-0.1, -0.05) is 24.3 Å². The van der Waals surface area contributed by atoms with Gasteiger partial charge in [0.25, 0.3) is 0 Å². The Morgan fingerprint density at radius 2 is 2.15 bits per heavy atom. The van der Waals surface area contributed by atoms with E-state index in [1.165, 1.54) is 0 Å². The van der Waals surface area contributed by atoms with E-state index < -0.39 is 5.60 Å². The van der Waals surface area contributed by atoms with E-state index in [-0.39, 0.29) is 6.09 Å². The van der Waals surface area contributed by atoms with Gasteiger partial charge in [0.05, 0.1) is 0 Å². The van der Waals surface area contributed by atoms with Gasteiger partial charge >= 0.3 is 6.09 Å². The van der Waals surface area contributed by atoms with E-state index in [1.807, 2.05) is 57.2 Å². The van der Waals surface area contributed by atoms with Crippen molar-refractivity contribution in [1.29, 1.82) is 0 Å². The van der Waals surface area contributed by atoms with Gasteiger partial charge in [0.2, 0.25) is 0 Å². The first kappa shape index (κ1) is 16.0. The Morgan fingerprint density at radius 1 is 1.40 bits per heavy atom. The van der Waals surface area contributed by atoms with Gasteiger partial charge in [-0.05, 0) is 44.9 Å². The van der Waals surface area contributed by atoms with Crippen LogP contribution in [0.1, 0.15) is 32.8 Å². The van der Waals surface area contributed by atoms with Crippen molar-refractivity contribution in [3.63, 3.8) is 0 Å². The molecule has 1 aromatic rings. The molecule has 1 amide bonds. The van der Waals surface area contributed by atoms with Crippen LogP contribution in [0.25, 0.3) is 6.08 Å². The molecular weight excluding hydrogens is 254 g/mol. The topological polar surface area (TPSA) is 76.4 Å². The van der Waals surface area contributed by atoms with Gasteiger partial charge in [-0.15, -0.1) is 0 Å². The van der Waals surface area contributed by atoms with Crippen molar-refractivity contribution in [3.8, 4) is 0 Å². The monoisotopic (exact) mass is 277 g/mol. The van der Waals surface area contributed by atoms with Gasteiger partial charge in [-0.25, -0.2) is 4.79 Å². The highest BCUT2D eigenvalue weighted by molar-refractivity contribution is 5.67. The Labute approximate surface area is 120 Å². The summed E-state index contributed by atoms with van der Waals surface area (Å²) in [4.78, 5) is 11.4. The number of nitrogen functional groups attached to an aromatic ring is 1. The standard InChI is InChI=1S/C15H23N3O2/c1-15(2,3)20-14(19)17-10-5-4-7-12-8-6-9-13(11-12)18-16/h4,6-9,11,18H,5,10,16H2,1-3H3,(H,17,19). The molecule has 110 valence electrons. The lowest BCUT2D eigenvalue weighted by Gasteiger charge is -2.19. The van der Waals surface area contributed by atoms with Crippen LogP contribution in [0.15, 0.2) is 30.3 Å². The Bertz CT molecular complexity index is 464. The fourth-order valence-electron chi connectivity index (χ4n) is 1.52. The SMILES string of the molecule is CC(C)(C)OC(=O)NCCC=Cc1cccc(NN)c1. The van der Waals surface area contributed by atoms with E-state index in [4.69, 9.17) is 10.6 Å². The zero-order chi connectivity index (χ0) is 15.0. The number of carbonyl (C=O) groups is 1. The first-order valence-corrected chi connectivity index (χ1v) is 6.61. The Kier molecular flexibility index (Phi) is 6.06. The fraction of sp³-hybridized carbons (Fsp3) is 0.400. The van der Waals surface area contributed by atoms with E-state index in [0.29, 0.717) is 6.54 Å². The Morgan fingerprint density at radius 3 is 2.80 bits per heavy atom. The lowest BCUT2D eigenvalue weighted by molar-refractivity contribution is 0.0529. The molecule has 5 nitrogen and oxygen atoms in total. The zero-order valence-corrected chi connectivity index (χ0v) is 12.3. The minimum absolute atomic E-state index is 0.389. The van der Waals surface area contributed by atoms with Crippen LogP contribution in [0.5, 0.6) is 0 Å². The second-order valence-electron chi connectivity index (χ2n) is 5.39. The number of ether oxygens (including phenoxy) is 1. The van der Waals surface area contributed by atoms with Crippen LogP contribution in [0.4, 0.5) is 10.5 Å². The van der Waals surface area contributed by atoms with E-state index in [2.05, 4.69) is 10.7 Å². The van der Waals surface area contributed by atoms with E-state index >= 15 is 0 Å². The number of benzene rings is 1. The van der Waals surface area contributed by atoms with Gasteiger partial charge in [0.1, 0.15) is 5.60 Å². The summed E-state index contributed by atoms with van der Waals surface area (Å²) in [5.41, 5.74) is 4.05. The fourth-order valence-corrected chi connectivity index (χ4v) is 1.52. The summed E-state index contributed by atoms with van der Waals surface area (Å²) in [6.07, 6.45) is 4.32. The largest absolute Gasteiger partial charge is 0.444 e. The lowest BCUT2D eigenvalue weighted by Crippen LogP contribution is -2.32. The van der Waals surface area contributed by atoms with Crippen molar-refractivity contribution in [3.05, 3.63) is 35.9 Å². The Balaban J connectivity index is 2.30. The first-order chi connectivity index (χ1) is 9.40. The number of amides is 1. The molecule has 0 heterocycles. The van der Waals surface area contributed by atoms with Gasteiger partial charge in [0.15, 0.2) is 0 Å². The Hall–Kier alpha value is -2.01. The second-order valence-corrected chi connectivity index (χ2v) is 5.39. The smallest absolute Gasteiger partial charge is 0.407 e. The first-order valence-electron chi connectivity index (χ1n) is 6.61. The van der Waals surface area contributed by atoms with E-state index in [0.717, 1.165) is 17.7 Å². The highest BCUT2D eigenvalue weighted by Crippen LogP contribution is 2.10. The van der Waals surface area contributed by atoms with E-state index in [9.17, 15) is 4.79 Å². The molecule has 1 rings (SSSR count). The third-order valence-corrected chi connectivity index (χ3v) is 2.34. The summed E-state index contributed by atoms with van der Waals surface area (Å²) in [5, 5.41) is 2.70. The molecule has 0 fully saturated rings. The van der Waals surface area contributed by atoms with Crippen molar-refractivity contribution in [1.82, 2.24) is 5.32 Å². The number of nitrogens with two attached hydrogens (primary N) is 1. The van der Waals surface area contributed by atoms with Gasteiger partial charge in [-0.2, -0.15) is 0 Å². The van der Waals surface area contributed by atoms with Crippen LogP contribution in [0.2, 0.25) is 0 Å². The quantitative estimate of drug-likeness (QED) is 0.439. The average Bonchev–Trinajstić information content (AvgIpc) is 2.36. The molecule has 0 saturated carbocycles. The molecular formula is C15H23N3O2. The molecule has 0 aliphatic heterocycles. The molecule has 0 saturated heterocycles. The molecule has 0 aromatic heterocycles. The molecule has 0 unspecified atom stereocenters. The van der Waals surface area contributed by atoms with Crippen LogP contribution < -0.4 is 16.6 Å². The third-order valence-electron chi connectivity index (χ3n) is 2.34. The van der Waals surface area contributed by atoms with Crippen LogP contribution >= 0.6 is 0 Å². The van der Waals surface area contributed by atoms with Crippen LogP contribution in [0, 0.1) is 0 Å². The zero-order valence-electron chi connectivity index (χ0n) is 12.3. The third kappa shape index (κ3) is 6.80. The normalized spacial score (nSPS) is 11.4. The summed E-state index contributed by atoms with van der Waals surface area (Å²) in [6, 6.07) is 7.74. The van der Waals surface area contributed by atoms with Crippen molar-refractivity contribution >= 4 is 17.9 Å². The number of hydrogen-bond acceptors (Lipinski definition) is 4. The van der Waals surface area contributed by atoms with Crippen molar-refractivity contribution < 1.29 is 9.53 Å². The maximum absolute atomic E-state index is 11.4. The van der Waals surface area contributed by atoms with Crippen molar-refractivity contribution in [2.24, 2.45) is 5.84 Å². The van der Waals surface area contributed by atoms with Gasteiger partial charge in [0, 0.05) is 12.2 Å². The lowest BCUT2D eigenvalue weighted by atomic mass is 10.2. The summed E-state index contributed by atoms with van der Waals surface area (Å²) >= 11 is 0. The number of hydrogen-bond donors (Lipinski definition) is 3. The molecule has 4 N–H and O–H groups in total. The molecule has 1 aromatic carbocycles. The molecule has 0 aliphatic carbocycles.